The smallest absolute Gasteiger partial charge is 0.143 e. The predicted octanol–water partition coefficient (Wildman–Crippen LogP) is 3.00. The summed E-state index contributed by atoms with van der Waals surface area (Å²) >= 11 is 0. The van der Waals surface area contributed by atoms with E-state index in [4.69, 9.17) is 10.5 Å². The Kier molecular flexibility index (Phi) is 5.17. The van der Waals surface area contributed by atoms with Crippen molar-refractivity contribution < 1.29 is 9.84 Å². The Morgan fingerprint density at radius 2 is 2.00 bits per heavy atom. The second kappa shape index (κ2) is 7.79. The second-order valence-electron chi connectivity index (χ2n) is 7.86. The van der Waals surface area contributed by atoms with E-state index in [1.54, 1.807) is 33.5 Å². The minimum absolute atomic E-state index is 0.621. The van der Waals surface area contributed by atoms with Crippen LogP contribution < -0.4 is 20.7 Å². The van der Waals surface area contributed by atoms with Gasteiger partial charge in [0.25, 0.3) is 0 Å². The Morgan fingerprint density at radius 1 is 1.17 bits per heavy atom. The average molecular weight is 406 g/mol. The second-order valence-corrected chi connectivity index (χ2v) is 7.86. The predicted molar refractivity (Wildman–Crippen MR) is 117 cm³/mol. The van der Waals surface area contributed by atoms with Crippen molar-refractivity contribution in [3.63, 3.8) is 0 Å². The zero-order valence-electron chi connectivity index (χ0n) is 17.4. The number of hydrogen-bond acceptors (Lipinski definition) is 8. The van der Waals surface area contributed by atoms with Crippen LogP contribution in [0.25, 0.3) is 0 Å². The van der Waals surface area contributed by atoms with Crippen LogP contribution in [0.3, 0.4) is 0 Å². The van der Waals surface area contributed by atoms with Gasteiger partial charge in [-0.1, -0.05) is 6.07 Å². The molecule has 8 nitrogen and oxygen atoms in total. The van der Waals surface area contributed by atoms with Crippen molar-refractivity contribution in [2.75, 3.05) is 29.6 Å². The lowest BCUT2D eigenvalue weighted by Gasteiger charge is -2.31. The standard InChI is InChI=1S/C22H26N6O2/c1-22(2,29)14-4-7-20(24-11-14)27-21-16-8-9-28(12-18(16)25-13-26-21)15-5-6-17(23)19(10-15)30-3/h4-7,10-11,13,29H,8-9,12,23H2,1-3H3,(H,24,25,26,27). The van der Waals surface area contributed by atoms with Crippen LogP contribution in [-0.2, 0) is 18.6 Å². The summed E-state index contributed by atoms with van der Waals surface area (Å²) in [6.07, 6.45) is 4.04. The van der Waals surface area contributed by atoms with Crippen molar-refractivity contribution in [2.45, 2.75) is 32.4 Å². The first-order chi connectivity index (χ1) is 14.3. The molecule has 0 unspecified atom stereocenters. The number of aromatic nitrogens is 3. The molecule has 3 heterocycles. The van der Waals surface area contributed by atoms with Crippen molar-refractivity contribution >= 4 is 23.0 Å². The van der Waals surface area contributed by atoms with Crippen LogP contribution in [0.5, 0.6) is 5.75 Å². The average Bonchev–Trinajstić information content (AvgIpc) is 2.74. The van der Waals surface area contributed by atoms with E-state index in [1.807, 2.05) is 30.3 Å². The van der Waals surface area contributed by atoms with Crippen LogP contribution >= 0.6 is 0 Å². The molecule has 2 aromatic heterocycles. The lowest BCUT2D eigenvalue weighted by atomic mass is 10.0. The molecule has 30 heavy (non-hydrogen) atoms. The van der Waals surface area contributed by atoms with Gasteiger partial charge in [-0.3, -0.25) is 0 Å². The van der Waals surface area contributed by atoms with Crippen LogP contribution in [0, 0.1) is 0 Å². The monoisotopic (exact) mass is 406 g/mol. The third-order valence-corrected chi connectivity index (χ3v) is 5.31. The Bertz CT molecular complexity index is 1050. The van der Waals surface area contributed by atoms with Gasteiger partial charge in [0.05, 0.1) is 30.6 Å². The number of nitrogen functional groups attached to an aromatic ring is 1. The van der Waals surface area contributed by atoms with E-state index in [-0.39, 0.29) is 0 Å². The van der Waals surface area contributed by atoms with Crippen LogP contribution in [0.4, 0.5) is 23.0 Å². The van der Waals surface area contributed by atoms with Crippen LogP contribution in [-0.4, -0.2) is 33.7 Å². The highest BCUT2D eigenvalue weighted by Gasteiger charge is 2.22. The number of benzene rings is 1. The van der Waals surface area contributed by atoms with Gasteiger partial charge in [-0.2, -0.15) is 0 Å². The molecule has 0 fully saturated rings. The van der Waals surface area contributed by atoms with Crippen LogP contribution in [0.2, 0.25) is 0 Å². The highest BCUT2D eigenvalue weighted by molar-refractivity contribution is 5.64. The van der Waals surface area contributed by atoms with Gasteiger partial charge in [-0.05, 0) is 38.5 Å². The van der Waals surface area contributed by atoms with Crippen molar-refractivity contribution in [2.24, 2.45) is 0 Å². The molecule has 4 N–H and O–H groups in total. The maximum atomic E-state index is 10.1. The van der Waals surface area contributed by atoms with E-state index in [9.17, 15) is 5.11 Å². The summed E-state index contributed by atoms with van der Waals surface area (Å²) in [6, 6.07) is 9.52. The lowest BCUT2D eigenvalue weighted by molar-refractivity contribution is 0.0782. The minimum atomic E-state index is -0.923. The number of nitrogens with one attached hydrogen (secondary N) is 1. The number of ether oxygens (including phenoxy) is 1. The van der Waals surface area contributed by atoms with Crippen molar-refractivity contribution in [3.05, 3.63) is 59.7 Å². The molecule has 0 saturated carbocycles. The van der Waals surface area contributed by atoms with E-state index in [0.29, 0.717) is 23.8 Å². The van der Waals surface area contributed by atoms with Gasteiger partial charge in [0, 0.05) is 35.6 Å². The van der Waals surface area contributed by atoms with Gasteiger partial charge >= 0.3 is 0 Å². The Hall–Kier alpha value is -3.39. The number of nitrogens with zero attached hydrogens (tertiary/aromatic N) is 4. The first-order valence-electron chi connectivity index (χ1n) is 9.82. The lowest BCUT2D eigenvalue weighted by Crippen LogP contribution is -2.31. The molecule has 0 saturated heterocycles. The number of aliphatic hydroxyl groups is 1. The van der Waals surface area contributed by atoms with Gasteiger partial charge in [0.1, 0.15) is 23.7 Å². The minimum Gasteiger partial charge on any atom is -0.495 e. The number of methoxy groups -OCH3 is 1. The van der Waals surface area contributed by atoms with Crippen molar-refractivity contribution in [1.82, 2.24) is 15.0 Å². The zero-order valence-corrected chi connectivity index (χ0v) is 17.4. The molecule has 156 valence electrons. The molecule has 1 aromatic carbocycles. The van der Waals surface area contributed by atoms with Crippen LogP contribution in [0.15, 0.2) is 42.9 Å². The highest BCUT2D eigenvalue weighted by atomic mass is 16.5. The molecular weight excluding hydrogens is 380 g/mol. The number of fused-ring (bicyclic) bond motifs is 1. The van der Waals surface area contributed by atoms with Gasteiger partial charge in [0.15, 0.2) is 0 Å². The fourth-order valence-electron chi connectivity index (χ4n) is 3.53. The highest BCUT2D eigenvalue weighted by Crippen LogP contribution is 2.32. The number of rotatable bonds is 5. The fraction of sp³-hybridized carbons (Fsp3) is 0.318. The van der Waals surface area contributed by atoms with E-state index in [1.165, 1.54) is 0 Å². The number of anilines is 4. The molecule has 3 aromatic rings. The molecule has 1 aliphatic heterocycles. The quantitative estimate of drug-likeness (QED) is 0.555. The summed E-state index contributed by atoms with van der Waals surface area (Å²) < 4.78 is 5.35. The first-order valence-corrected chi connectivity index (χ1v) is 9.82. The third-order valence-electron chi connectivity index (χ3n) is 5.31. The van der Waals surface area contributed by atoms with E-state index in [0.717, 1.165) is 41.3 Å². The molecule has 4 rings (SSSR count). The summed E-state index contributed by atoms with van der Waals surface area (Å²) in [5.41, 5.74) is 9.50. The SMILES string of the molecule is COc1cc(N2CCc3c(ncnc3Nc3ccc(C(C)(C)O)cn3)C2)ccc1N. The molecule has 0 amide bonds. The van der Waals surface area contributed by atoms with Gasteiger partial charge in [0.2, 0.25) is 0 Å². The number of pyridine rings is 1. The van der Waals surface area contributed by atoms with Gasteiger partial charge in [-0.25, -0.2) is 15.0 Å². The van der Waals surface area contributed by atoms with E-state index >= 15 is 0 Å². The first kappa shape index (κ1) is 19.9. The maximum Gasteiger partial charge on any atom is 0.143 e. The Labute approximate surface area is 175 Å². The van der Waals surface area contributed by atoms with Gasteiger partial charge in [-0.15, -0.1) is 0 Å². The summed E-state index contributed by atoms with van der Waals surface area (Å²) in [5, 5.41) is 13.4. The summed E-state index contributed by atoms with van der Waals surface area (Å²) in [4.78, 5) is 15.6. The van der Waals surface area contributed by atoms with Crippen molar-refractivity contribution in [3.8, 4) is 5.75 Å². The van der Waals surface area contributed by atoms with Crippen LogP contribution in [0.1, 0.15) is 30.7 Å². The number of nitrogens with two attached hydrogens (primary N) is 1. The maximum absolute atomic E-state index is 10.1. The summed E-state index contributed by atoms with van der Waals surface area (Å²) in [7, 11) is 1.62. The Balaban J connectivity index is 1.54. The molecule has 0 radical (unpaired) electrons. The molecular formula is C22H26N6O2. The molecule has 0 aliphatic carbocycles. The molecule has 0 bridgehead atoms. The van der Waals surface area contributed by atoms with E-state index in [2.05, 4.69) is 25.2 Å². The molecule has 1 aliphatic rings. The largest absolute Gasteiger partial charge is 0.495 e. The normalized spacial score (nSPS) is 13.7. The molecule has 8 heteroatoms. The topological polar surface area (TPSA) is 109 Å². The molecule has 0 spiro atoms. The summed E-state index contributed by atoms with van der Waals surface area (Å²) in [5.74, 6) is 2.11. The Morgan fingerprint density at radius 3 is 2.70 bits per heavy atom. The van der Waals surface area contributed by atoms with Gasteiger partial charge < -0.3 is 25.8 Å². The number of hydrogen-bond donors (Lipinski definition) is 3. The molecule has 0 atom stereocenters. The van der Waals surface area contributed by atoms with Crippen molar-refractivity contribution in [1.29, 1.82) is 0 Å². The van der Waals surface area contributed by atoms with E-state index < -0.39 is 5.60 Å². The fourth-order valence-corrected chi connectivity index (χ4v) is 3.53. The third kappa shape index (κ3) is 3.99. The summed E-state index contributed by atoms with van der Waals surface area (Å²) in [6.45, 7) is 4.97. The zero-order chi connectivity index (χ0) is 21.3.